The highest BCUT2D eigenvalue weighted by molar-refractivity contribution is 7.92. The molecule has 7 nitrogen and oxygen atoms in total. The van der Waals surface area contributed by atoms with Gasteiger partial charge in [-0.25, -0.2) is 8.42 Å². The Labute approximate surface area is 253 Å². The van der Waals surface area contributed by atoms with Gasteiger partial charge in [0, 0.05) is 23.1 Å². The Kier molecular flexibility index (Phi) is 11.2. The predicted molar refractivity (Wildman–Crippen MR) is 166 cm³/mol. The van der Waals surface area contributed by atoms with Gasteiger partial charge in [0.15, 0.2) is 0 Å². The van der Waals surface area contributed by atoms with E-state index in [9.17, 15) is 18.0 Å². The number of amides is 2. The average molecular weight is 619 g/mol. The highest BCUT2D eigenvalue weighted by Crippen LogP contribution is 2.30. The van der Waals surface area contributed by atoms with Gasteiger partial charge in [-0.1, -0.05) is 72.4 Å². The van der Waals surface area contributed by atoms with E-state index in [-0.39, 0.29) is 17.3 Å². The van der Waals surface area contributed by atoms with Crippen LogP contribution < -0.4 is 9.62 Å². The Morgan fingerprint density at radius 1 is 0.976 bits per heavy atom. The summed E-state index contributed by atoms with van der Waals surface area (Å²) in [5.41, 5.74) is 3.49. The van der Waals surface area contributed by atoms with Gasteiger partial charge in [-0.15, -0.1) is 0 Å². The van der Waals surface area contributed by atoms with E-state index in [2.05, 4.69) is 5.32 Å². The van der Waals surface area contributed by atoms with Gasteiger partial charge in [0.1, 0.15) is 12.6 Å². The number of rotatable bonds is 12. The predicted octanol–water partition coefficient (Wildman–Crippen LogP) is 6.45. The number of hydrogen-bond acceptors (Lipinski definition) is 4. The zero-order valence-corrected chi connectivity index (χ0v) is 26.4. The lowest BCUT2D eigenvalue weighted by Gasteiger charge is -2.32. The first-order chi connectivity index (χ1) is 19.4. The van der Waals surface area contributed by atoms with Crippen LogP contribution in [0.2, 0.25) is 10.0 Å². The molecule has 220 valence electrons. The second-order valence-electron chi connectivity index (χ2n) is 10.1. The van der Waals surface area contributed by atoms with Crippen LogP contribution >= 0.6 is 23.2 Å². The number of carbonyl (C=O) groups excluding carboxylic acids is 2. The molecule has 0 saturated carbocycles. The van der Waals surface area contributed by atoms with Crippen molar-refractivity contribution in [1.29, 1.82) is 0 Å². The summed E-state index contributed by atoms with van der Waals surface area (Å²) in [6, 6.07) is 15.8. The summed E-state index contributed by atoms with van der Waals surface area (Å²) < 4.78 is 29.2. The summed E-state index contributed by atoms with van der Waals surface area (Å²) in [6.45, 7) is 9.16. The molecule has 0 aliphatic heterocycles. The molecule has 0 spiro atoms. The van der Waals surface area contributed by atoms with Crippen LogP contribution in [0.5, 0.6) is 0 Å². The molecule has 2 amide bonds. The molecule has 1 atom stereocenters. The van der Waals surface area contributed by atoms with Gasteiger partial charge in [-0.2, -0.15) is 0 Å². The minimum Gasteiger partial charge on any atom is -0.354 e. The lowest BCUT2D eigenvalue weighted by molar-refractivity contribution is -0.139. The van der Waals surface area contributed by atoms with Crippen LogP contribution in [-0.4, -0.2) is 44.3 Å². The SMILES string of the molecule is CCCCNC(=O)[C@H](C)N(Cc1ccc(Cl)cc1Cl)C(=O)CN(c1cccc(C)c1C)S(=O)(=O)c1ccc(C)cc1. The quantitative estimate of drug-likeness (QED) is 0.237. The molecule has 0 aliphatic carbocycles. The van der Waals surface area contributed by atoms with Gasteiger partial charge in [0.2, 0.25) is 11.8 Å². The maximum atomic E-state index is 14.1. The smallest absolute Gasteiger partial charge is 0.264 e. The van der Waals surface area contributed by atoms with Gasteiger partial charge in [-0.05, 0) is 81.1 Å². The number of nitrogens with one attached hydrogen (secondary N) is 1. The first-order valence-electron chi connectivity index (χ1n) is 13.5. The van der Waals surface area contributed by atoms with Crippen molar-refractivity contribution in [3.8, 4) is 0 Å². The van der Waals surface area contributed by atoms with Crippen LogP contribution in [-0.2, 0) is 26.2 Å². The van der Waals surface area contributed by atoms with E-state index < -0.39 is 28.5 Å². The van der Waals surface area contributed by atoms with Crippen LogP contribution in [0.3, 0.4) is 0 Å². The fourth-order valence-electron chi connectivity index (χ4n) is 4.31. The van der Waals surface area contributed by atoms with E-state index >= 15 is 0 Å². The van der Waals surface area contributed by atoms with Gasteiger partial charge in [0.05, 0.1) is 10.6 Å². The molecule has 3 aromatic rings. The number of halogens is 2. The summed E-state index contributed by atoms with van der Waals surface area (Å²) in [6.07, 6.45) is 1.70. The average Bonchev–Trinajstić information content (AvgIpc) is 2.93. The molecule has 10 heteroatoms. The van der Waals surface area contributed by atoms with E-state index in [0.29, 0.717) is 27.8 Å². The molecule has 3 rings (SSSR count). The fraction of sp³-hybridized carbons (Fsp3) is 0.355. The molecule has 0 aliphatic rings. The Hall–Kier alpha value is -3.07. The Bertz CT molecular complexity index is 1490. The highest BCUT2D eigenvalue weighted by atomic mass is 35.5. The number of carbonyl (C=O) groups is 2. The number of aryl methyl sites for hydroxylation is 2. The van der Waals surface area contributed by atoms with Gasteiger partial charge in [-0.3, -0.25) is 13.9 Å². The summed E-state index contributed by atoms with van der Waals surface area (Å²) in [5.74, 6) is -0.887. The first kappa shape index (κ1) is 32.4. The van der Waals surface area contributed by atoms with Crippen molar-refractivity contribution in [3.05, 3.63) is 93.0 Å². The van der Waals surface area contributed by atoms with Crippen molar-refractivity contribution in [3.63, 3.8) is 0 Å². The topological polar surface area (TPSA) is 86.8 Å². The largest absolute Gasteiger partial charge is 0.354 e. The number of anilines is 1. The second-order valence-corrected chi connectivity index (χ2v) is 12.8. The van der Waals surface area contributed by atoms with E-state index in [1.54, 1.807) is 49.4 Å². The molecule has 1 N–H and O–H groups in total. The third-order valence-corrected chi connectivity index (χ3v) is 9.45. The monoisotopic (exact) mass is 617 g/mol. The van der Waals surface area contributed by atoms with Gasteiger partial charge >= 0.3 is 0 Å². The zero-order chi connectivity index (χ0) is 30.3. The van der Waals surface area contributed by atoms with Crippen LogP contribution in [0.1, 0.15) is 48.9 Å². The van der Waals surface area contributed by atoms with Crippen molar-refractivity contribution >= 4 is 50.7 Å². The number of hydrogen-bond donors (Lipinski definition) is 1. The van der Waals surface area contributed by atoms with Gasteiger partial charge in [0.25, 0.3) is 10.0 Å². The molecule has 0 unspecified atom stereocenters. The van der Waals surface area contributed by atoms with Gasteiger partial charge < -0.3 is 10.2 Å². The number of benzene rings is 3. The van der Waals surface area contributed by atoms with E-state index in [4.69, 9.17) is 23.2 Å². The van der Waals surface area contributed by atoms with Crippen molar-refractivity contribution < 1.29 is 18.0 Å². The summed E-state index contributed by atoms with van der Waals surface area (Å²) in [7, 11) is -4.15. The second kappa shape index (κ2) is 14.2. The third kappa shape index (κ3) is 8.03. The summed E-state index contributed by atoms with van der Waals surface area (Å²) in [5, 5.41) is 3.65. The molecule has 41 heavy (non-hydrogen) atoms. The van der Waals surface area contributed by atoms with E-state index in [1.165, 1.54) is 17.0 Å². The molecule has 0 aromatic heterocycles. The number of sulfonamides is 1. The molecule has 3 aromatic carbocycles. The molecular weight excluding hydrogens is 581 g/mol. The zero-order valence-electron chi connectivity index (χ0n) is 24.1. The van der Waals surface area contributed by atoms with Crippen LogP contribution in [0, 0.1) is 20.8 Å². The molecular formula is C31H37Cl2N3O4S. The van der Waals surface area contributed by atoms with E-state index in [0.717, 1.165) is 33.8 Å². The summed E-state index contributed by atoms with van der Waals surface area (Å²) >= 11 is 12.5. The lowest BCUT2D eigenvalue weighted by Crippen LogP contribution is -2.51. The van der Waals surface area contributed by atoms with Crippen LogP contribution in [0.15, 0.2) is 65.6 Å². The maximum Gasteiger partial charge on any atom is 0.264 e. The maximum absolute atomic E-state index is 14.1. The van der Waals surface area contributed by atoms with Crippen LogP contribution in [0.4, 0.5) is 5.69 Å². The van der Waals surface area contributed by atoms with E-state index in [1.807, 2.05) is 33.8 Å². The van der Waals surface area contributed by atoms with Crippen molar-refractivity contribution in [1.82, 2.24) is 10.2 Å². The normalized spacial score (nSPS) is 12.1. The molecule has 0 bridgehead atoms. The third-order valence-electron chi connectivity index (χ3n) is 7.09. The minimum absolute atomic E-state index is 0.0115. The lowest BCUT2D eigenvalue weighted by atomic mass is 10.1. The molecule has 0 saturated heterocycles. The summed E-state index contributed by atoms with van der Waals surface area (Å²) in [4.78, 5) is 28.6. The Morgan fingerprint density at radius 2 is 1.66 bits per heavy atom. The van der Waals surface area contributed by atoms with Crippen molar-refractivity contribution in [2.75, 3.05) is 17.4 Å². The number of nitrogens with zero attached hydrogens (tertiary/aromatic N) is 2. The molecule has 0 radical (unpaired) electrons. The Balaban J connectivity index is 2.06. The molecule has 0 heterocycles. The standard InChI is InChI=1S/C31H37Cl2N3O4S/c1-6-7-17-34-31(38)24(5)35(19-25-13-14-26(32)18-28(25)33)30(37)20-36(29-10-8-9-22(3)23(29)4)41(39,40)27-15-11-21(2)12-16-27/h8-16,18,24H,6-7,17,19-20H2,1-5H3,(H,34,38)/t24-/m0/s1. The molecule has 0 fully saturated rings. The van der Waals surface area contributed by atoms with Crippen molar-refractivity contribution in [2.24, 2.45) is 0 Å². The Morgan fingerprint density at radius 3 is 2.29 bits per heavy atom. The number of unbranched alkanes of at least 4 members (excludes halogenated alkanes) is 1. The van der Waals surface area contributed by atoms with Crippen molar-refractivity contribution in [2.45, 2.75) is 64.9 Å². The first-order valence-corrected chi connectivity index (χ1v) is 15.7. The fourth-order valence-corrected chi connectivity index (χ4v) is 6.25. The minimum atomic E-state index is -4.15. The highest BCUT2D eigenvalue weighted by Gasteiger charge is 2.33. The van der Waals surface area contributed by atoms with Crippen LogP contribution in [0.25, 0.3) is 0 Å².